The van der Waals surface area contributed by atoms with E-state index in [2.05, 4.69) is 20.8 Å². The van der Waals surface area contributed by atoms with Crippen LogP contribution in [-0.4, -0.2) is 24.3 Å². The van der Waals surface area contributed by atoms with Crippen LogP contribution in [0, 0.1) is 16.7 Å². The van der Waals surface area contributed by atoms with E-state index in [1.807, 2.05) is 0 Å². The molecule has 22 heavy (non-hydrogen) atoms. The summed E-state index contributed by atoms with van der Waals surface area (Å²) < 4.78 is 10.9. The molecular weight excluding hydrogens is 280 g/mol. The first-order chi connectivity index (χ1) is 10.3. The van der Waals surface area contributed by atoms with E-state index < -0.39 is 0 Å². The number of benzene rings is 1. The number of rotatable bonds is 3. The number of esters is 1. The fourth-order valence-electron chi connectivity index (χ4n) is 4.31. The molecule has 2 bridgehead atoms. The van der Waals surface area contributed by atoms with Crippen LogP contribution in [0.3, 0.4) is 0 Å². The number of phenols is 1. The average molecular weight is 304 g/mol. The van der Waals surface area contributed by atoms with Crippen molar-refractivity contribution >= 4 is 5.97 Å². The Balaban J connectivity index is 1.79. The van der Waals surface area contributed by atoms with Crippen molar-refractivity contribution in [3.63, 3.8) is 0 Å². The van der Waals surface area contributed by atoms with Gasteiger partial charge in [-0.3, -0.25) is 0 Å². The van der Waals surface area contributed by atoms with Gasteiger partial charge in [0.25, 0.3) is 0 Å². The molecule has 120 valence electrons. The van der Waals surface area contributed by atoms with Crippen molar-refractivity contribution in [2.45, 2.75) is 46.1 Å². The van der Waals surface area contributed by atoms with Gasteiger partial charge in [0, 0.05) is 5.41 Å². The minimum atomic E-state index is -0.340. The van der Waals surface area contributed by atoms with Crippen molar-refractivity contribution in [2.75, 3.05) is 7.11 Å². The predicted octanol–water partition coefficient (Wildman–Crippen LogP) is 3.77. The molecule has 4 heteroatoms. The third kappa shape index (κ3) is 2.00. The molecule has 0 spiro atoms. The number of carbonyl (C=O) groups is 1. The summed E-state index contributed by atoms with van der Waals surface area (Å²) in [6, 6.07) is 4.56. The molecule has 0 aliphatic heterocycles. The Bertz CT molecular complexity index is 607. The van der Waals surface area contributed by atoms with Gasteiger partial charge in [0.15, 0.2) is 11.5 Å². The minimum Gasteiger partial charge on any atom is -0.504 e. The van der Waals surface area contributed by atoms with Crippen LogP contribution in [-0.2, 0) is 4.74 Å². The van der Waals surface area contributed by atoms with Crippen molar-refractivity contribution in [1.29, 1.82) is 0 Å². The maximum Gasteiger partial charge on any atom is 0.338 e. The van der Waals surface area contributed by atoms with E-state index in [1.165, 1.54) is 25.7 Å². The molecule has 0 unspecified atom stereocenters. The van der Waals surface area contributed by atoms with Crippen LogP contribution >= 0.6 is 0 Å². The van der Waals surface area contributed by atoms with Gasteiger partial charge < -0.3 is 14.6 Å². The zero-order valence-corrected chi connectivity index (χ0v) is 13.7. The highest BCUT2D eigenvalue weighted by Gasteiger charge is 2.62. The van der Waals surface area contributed by atoms with Crippen LogP contribution in [0.15, 0.2) is 18.2 Å². The monoisotopic (exact) mass is 304 g/mol. The number of fused-ring (bicyclic) bond motifs is 2. The van der Waals surface area contributed by atoms with Crippen molar-refractivity contribution < 1.29 is 19.4 Å². The SMILES string of the molecule is COc1cc(C(=O)O[C@@H]2C[C@H]3CC[C@@]2(C)C3(C)C)ccc1O. The normalized spacial score (nSPS) is 32.0. The molecule has 4 nitrogen and oxygen atoms in total. The van der Waals surface area contributed by atoms with Crippen LogP contribution in [0.1, 0.15) is 50.4 Å². The number of ether oxygens (including phenoxy) is 2. The summed E-state index contributed by atoms with van der Waals surface area (Å²) in [5.41, 5.74) is 0.678. The maximum absolute atomic E-state index is 12.5. The molecule has 0 saturated heterocycles. The molecule has 0 radical (unpaired) electrons. The highest BCUT2D eigenvalue weighted by molar-refractivity contribution is 5.90. The lowest BCUT2D eigenvalue weighted by Crippen LogP contribution is -2.38. The van der Waals surface area contributed by atoms with Gasteiger partial charge in [0.05, 0.1) is 12.7 Å². The maximum atomic E-state index is 12.5. The highest BCUT2D eigenvalue weighted by atomic mass is 16.5. The van der Waals surface area contributed by atoms with E-state index in [4.69, 9.17) is 9.47 Å². The Kier molecular flexibility index (Phi) is 3.38. The first-order valence-corrected chi connectivity index (χ1v) is 7.87. The lowest BCUT2D eigenvalue weighted by atomic mass is 9.70. The van der Waals surface area contributed by atoms with Crippen LogP contribution in [0.25, 0.3) is 0 Å². The third-order valence-corrected chi connectivity index (χ3v) is 6.38. The Morgan fingerprint density at radius 2 is 2.05 bits per heavy atom. The summed E-state index contributed by atoms with van der Waals surface area (Å²) in [5.74, 6) is 0.596. The number of hydrogen-bond donors (Lipinski definition) is 1. The van der Waals surface area contributed by atoms with E-state index >= 15 is 0 Å². The molecule has 1 aromatic rings. The van der Waals surface area contributed by atoms with Gasteiger partial charge in [-0.05, 0) is 48.8 Å². The smallest absolute Gasteiger partial charge is 0.338 e. The van der Waals surface area contributed by atoms with Crippen LogP contribution < -0.4 is 4.74 Å². The second-order valence-corrected chi connectivity index (χ2v) is 7.39. The molecular formula is C18H24O4. The van der Waals surface area contributed by atoms with Crippen LogP contribution in [0.4, 0.5) is 0 Å². The number of aromatic hydroxyl groups is 1. The number of hydrogen-bond acceptors (Lipinski definition) is 4. The molecule has 0 heterocycles. The second kappa shape index (κ2) is 4.90. The number of phenolic OH excluding ortho intramolecular Hbond substituents is 1. The molecule has 2 fully saturated rings. The molecule has 0 amide bonds. The van der Waals surface area contributed by atoms with E-state index in [1.54, 1.807) is 6.07 Å². The van der Waals surface area contributed by atoms with Crippen molar-refractivity contribution in [3.8, 4) is 11.5 Å². The Morgan fingerprint density at radius 3 is 2.59 bits per heavy atom. The van der Waals surface area contributed by atoms with Crippen LogP contribution in [0.2, 0.25) is 0 Å². The molecule has 2 saturated carbocycles. The first-order valence-electron chi connectivity index (χ1n) is 7.87. The molecule has 0 aromatic heterocycles. The molecule has 3 rings (SSSR count). The summed E-state index contributed by atoms with van der Waals surface area (Å²) in [7, 11) is 1.46. The zero-order valence-electron chi connectivity index (χ0n) is 13.7. The Labute approximate surface area is 131 Å². The fourth-order valence-corrected chi connectivity index (χ4v) is 4.31. The van der Waals surface area contributed by atoms with Gasteiger partial charge in [-0.25, -0.2) is 4.79 Å². The number of methoxy groups -OCH3 is 1. The highest BCUT2D eigenvalue weighted by Crippen LogP contribution is 2.66. The van der Waals surface area contributed by atoms with E-state index in [-0.39, 0.29) is 34.4 Å². The van der Waals surface area contributed by atoms with Crippen molar-refractivity contribution in [1.82, 2.24) is 0 Å². The minimum absolute atomic E-state index is 0.0204. The molecule has 2 aliphatic rings. The van der Waals surface area contributed by atoms with E-state index in [0.717, 1.165) is 12.8 Å². The largest absolute Gasteiger partial charge is 0.504 e. The van der Waals surface area contributed by atoms with Crippen molar-refractivity contribution in [2.24, 2.45) is 16.7 Å². The Morgan fingerprint density at radius 1 is 1.32 bits per heavy atom. The lowest BCUT2D eigenvalue weighted by Gasteiger charge is -2.38. The Hall–Kier alpha value is -1.71. The van der Waals surface area contributed by atoms with Gasteiger partial charge in [0.2, 0.25) is 0 Å². The molecule has 1 N–H and O–H groups in total. The topological polar surface area (TPSA) is 55.8 Å². The third-order valence-electron chi connectivity index (χ3n) is 6.38. The first kappa shape index (κ1) is 15.2. The standard InChI is InChI=1S/C18H24O4/c1-17(2)12-7-8-18(17,3)15(10-12)22-16(20)11-5-6-13(19)14(9-11)21-4/h5-6,9,12,15,19H,7-8,10H2,1-4H3/t12-,15-,18-/m1/s1. The van der Waals surface area contributed by atoms with Crippen molar-refractivity contribution in [3.05, 3.63) is 23.8 Å². The van der Waals surface area contributed by atoms with Gasteiger partial charge in [0.1, 0.15) is 6.10 Å². The van der Waals surface area contributed by atoms with Gasteiger partial charge >= 0.3 is 5.97 Å². The summed E-state index contributed by atoms with van der Waals surface area (Å²) in [5, 5.41) is 9.62. The molecule has 2 aliphatic carbocycles. The summed E-state index contributed by atoms with van der Waals surface area (Å²) in [4.78, 5) is 12.5. The quantitative estimate of drug-likeness (QED) is 0.864. The van der Waals surface area contributed by atoms with Crippen LogP contribution in [0.5, 0.6) is 11.5 Å². The van der Waals surface area contributed by atoms with Gasteiger partial charge in [-0.1, -0.05) is 20.8 Å². The number of carbonyl (C=O) groups excluding carboxylic acids is 1. The molecule has 1 aromatic carbocycles. The lowest BCUT2D eigenvalue weighted by molar-refractivity contribution is -0.0242. The zero-order chi connectivity index (χ0) is 16.1. The summed E-state index contributed by atoms with van der Waals surface area (Å²) in [6.45, 7) is 6.83. The van der Waals surface area contributed by atoms with E-state index in [0.29, 0.717) is 11.5 Å². The fraction of sp³-hybridized carbons (Fsp3) is 0.611. The van der Waals surface area contributed by atoms with E-state index in [9.17, 15) is 9.90 Å². The second-order valence-electron chi connectivity index (χ2n) is 7.39. The van der Waals surface area contributed by atoms with Gasteiger partial charge in [-0.2, -0.15) is 0 Å². The summed E-state index contributed by atoms with van der Waals surface area (Å²) in [6.07, 6.45) is 3.25. The predicted molar refractivity (Wildman–Crippen MR) is 83.1 cm³/mol. The molecule has 3 atom stereocenters. The van der Waals surface area contributed by atoms with Gasteiger partial charge in [-0.15, -0.1) is 0 Å². The summed E-state index contributed by atoms with van der Waals surface area (Å²) >= 11 is 0. The average Bonchev–Trinajstić information content (AvgIpc) is 2.81.